The zero-order valence-corrected chi connectivity index (χ0v) is 15.5. The molecule has 134 valence electrons. The van der Waals surface area contributed by atoms with Crippen molar-refractivity contribution < 1.29 is 4.39 Å². The van der Waals surface area contributed by atoms with Crippen molar-refractivity contribution in [3.8, 4) is 0 Å². The summed E-state index contributed by atoms with van der Waals surface area (Å²) in [6.07, 6.45) is 3.08. The lowest BCUT2D eigenvalue weighted by Crippen LogP contribution is -2.06. The van der Waals surface area contributed by atoms with E-state index in [-0.39, 0.29) is 11.4 Å². The summed E-state index contributed by atoms with van der Waals surface area (Å²) in [5.41, 5.74) is 8.30. The first-order chi connectivity index (χ1) is 13.1. The molecule has 27 heavy (non-hydrogen) atoms. The van der Waals surface area contributed by atoms with E-state index < -0.39 is 5.82 Å². The van der Waals surface area contributed by atoms with Gasteiger partial charge in [-0.2, -0.15) is 0 Å². The molecule has 8 heteroatoms. The van der Waals surface area contributed by atoms with Gasteiger partial charge >= 0.3 is 0 Å². The quantitative estimate of drug-likeness (QED) is 0.427. The van der Waals surface area contributed by atoms with E-state index in [1.807, 2.05) is 30.3 Å². The Hall–Kier alpha value is -3.26. The van der Waals surface area contributed by atoms with Crippen molar-refractivity contribution in [3.63, 3.8) is 0 Å². The smallest absolute Gasteiger partial charge is 0.159 e. The number of nitrogens with one attached hydrogen (secondary N) is 2. The van der Waals surface area contributed by atoms with E-state index in [0.29, 0.717) is 16.1 Å². The van der Waals surface area contributed by atoms with Gasteiger partial charge in [-0.05, 0) is 30.3 Å². The molecule has 0 aliphatic heterocycles. The van der Waals surface area contributed by atoms with Crippen LogP contribution >= 0.6 is 15.9 Å². The first-order valence-electron chi connectivity index (χ1n) is 8.05. The maximum Gasteiger partial charge on any atom is 0.159 e. The Balaban J connectivity index is 1.67. The highest BCUT2D eigenvalue weighted by Crippen LogP contribution is 2.31. The number of aromatic nitrogens is 3. The summed E-state index contributed by atoms with van der Waals surface area (Å²) < 4.78 is 14.7. The molecular weight excluding hydrogens is 411 g/mol. The predicted molar refractivity (Wildman–Crippen MR) is 109 cm³/mol. The van der Waals surface area contributed by atoms with Crippen molar-refractivity contribution in [3.05, 3.63) is 71.3 Å². The normalized spacial score (nSPS) is 10.7. The monoisotopic (exact) mass is 424 g/mol. The second-order valence-corrected chi connectivity index (χ2v) is 6.66. The highest BCUT2D eigenvalue weighted by Gasteiger charge is 2.12. The summed E-state index contributed by atoms with van der Waals surface area (Å²) in [4.78, 5) is 12.7. The number of nitrogen functional groups attached to an aromatic ring is 1. The number of nitrogens with two attached hydrogens (primary N) is 1. The number of benzene rings is 2. The van der Waals surface area contributed by atoms with Crippen LogP contribution in [-0.2, 0) is 0 Å². The van der Waals surface area contributed by atoms with Gasteiger partial charge in [-0.15, -0.1) is 0 Å². The maximum absolute atomic E-state index is 14.1. The lowest BCUT2D eigenvalue weighted by Gasteiger charge is -2.14. The average molecular weight is 425 g/mol. The molecule has 2 aromatic carbocycles. The van der Waals surface area contributed by atoms with Crippen molar-refractivity contribution in [2.45, 2.75) is 0 Å². The van der Waals surface area contributed by atoms with Crippen LogP contribution in [0.5, 0.6) is 0 Å². The Labute approximate surface area is 162 Å². The van der Waals surface area contributed by atoms with Gasteiger partial charge < -0.3 is 16.4 Å². The third-order valence-corrected chi connectivity index (χ3v) is 4.45. The molecule has 0 aliphatic rings. The molecule has 2 aromatic heterocycles. The second kappa shape index (κ2) is 7.16. The molecule has 0 bridgehead atoms. The number of pyridine rings is 1. The van der Waals surface area contributed by atoms with Crippen LogP contribution in [0.3, 0.4) is 0 Å². The Kier molecular flexibility index (Phi) is 4.55. The summed E-state index contributed by atoms with van der Waals surface area (Å²) in [5.74, 6) is 0.292. The number of halogens is 2. The van der Waals surface area contributed by atoms with Gasteiger partial charge in [0, 0.05) is 16.1 Å². The molecule has 0 fully saturated rings. The maximum atomic E-state index is 14.1. The van der Waals surface area contributed by atoms with E-state index in [1.54, 1.807) is 18.3 Å². The van der Waals surface area contributed by atoms with Gasteiger partial charge in [-0.25, -0.2) is 14.4 Å². The number of nitrogens with zero attached hydrogens (tertiary/aromatic N) is 3. The van der Waals surface area contributed by atoms with E-state index in [1.165, 1.54) is 12.4 Å². The number of fused-ring (bicyclic) bond motifs is 1. The third-order valence-electron chi connectivity index (χ3n) is 3.95. The Morgan fingerprint density at radius 2 is 1.63 bits per heavy atom. The Bertz CT molecular complexity index is 1130. The van der Waals surface area contributed by atoms with Gasteiger partial charge in [0.2, 0.25) is 0 Å². The van der Waals surface area contributed by atoms with Gasteiger partial charge in [0.05, 0.1) is 16.9 Å². The molecule has 4 aromatic rings. The standard InChI is InChI=1S/C19H14BrFN6/c20-12-6-7-14(13(21)9-12)26-18-16(22)19(25-10-24-18)27-15-5-1-3-11-4-2-8-23-17(11)15/h1-10H,22H2,(H2,24,25,26,27). The van der Waals surface area contributed by atoms with Crippen molar-refractivity contribution in [2.75, 3.05) is 16.4 Å². The first-order valence-corrected chi connectivity index (χ1v) is 8.84. The fraction of sp³-hybridized carbons (Fsp3) is 0. The SMILES string of the molecule is Nc1c(Nc2ccc(Br)cc2F)ncnc1Nc1cccc2cccnc12. The van der Waals surface area contributed by atoms with Gasteiger partial charge in [0.25, 0.3) is 0 Å². The van der Waals surface area contributed by atoms with Gasteiger partial charge in [-0.1, -0.05) is 34.1 Å². The summed E-state index contributed by atoms with van der Waals surface area (Å²) >= 11 is 3.23. The minimum atomic E-state index is -0.421. The molecule has 0 aliphatic carbocycles. The van der Waals surface area contributed by atoms with E-state index in [4.69, 9.17) is 5.73 Å². The molecule has 0 radical (unpaired) electrons. The van der Waals surface area contributed by atoms with Crippen molar-refractivity contribution >= 4 is 55.5 Å². The first kappa shape index (κ1) is 17.2. The molecular formula is C19H14BrFN6. The highest BCUT2D eigenvalue weighted by molar-refractivity contribution is 9.10. The van der Waals surface area contributed by atoms with E-state index in [9.17, 15) is 4.39 Å². The molecule has 0 saturated heterocycles. The average Bonchev–Trinajstić information content (AvgIpc) is 2.67. The zero-order chi connectivity index (χ0) is 18.8. The van der Waals surface area contributed by atoms with E-state index >= 15 is 0 Å². The summed E-state index contributed by atoms with van der Waals surface area (Å²) in [6.45, 7) is 0. The van der Waals surface area contributed by atoms with Crippen LogP contribution in [0.4, 0.5) is 33.1 Å². The second-order valence-electron chi connectivity index (χ2n) is 5.74. The Morgan fingerprint density at radius 3 is 2.41 bits per heavy atom. The van der Waals surface area contributed by atoms with Crippen molar-refractivity contribution in [1.29, 1.82) is 0 Å². The van der Waals surface area contributed by atoms with Crippen LogP contribution in [-0.4, -0.2) is 15.0 Å². The van der Waals surface area contributed by atoms with Gasteiger partial charge in [0.15, 0.2) is 11.6 Å². The summed E-state index contributed by atoms with van der Waals surface area (Å²) in [5, 5.41) is 7.08. The Morgan fingerprint density at radius 1 is 0.889 bits per heavy atom. The van der Waals surface area contributed by atoms with Crippen LogP contribution in [0.1, 0.15) is 0 Å². The van der Waals surface area contributed by atoms with E-state index in [0.717, 1.165) is 16.6 Å². The number of hydrogen-bond donors (Lipinski definition) is 3. The van der Waals surface area contributed by atoms with Crippen molar-refractivity contribution in [2.24, 2.45) is 0 Å². The molecule has 0 unspecified atom stereocenters. The van der Waals surface area contributed by atoms with Crippen LogP contribution in [0.2, 0.25) is 0 Å². The zero-order valence-electron chi connectivity index (χ0n) is 13.9. The van der Waals surface area contributed by atoms with Gasteiger partial charge in [0.1, 0.15) is 17.8 Å². The molecule has 4 N–H and O–H groups in total. The fourth-order valence-electron chi connectivity index (χ4n) is 2.65. The molecule has 4 rings (SSSR count). The molecule has 6 nitrogen and oxygen atoms in total. The largest absolute Gasteiger partial charge is 0.393 e. The van der Waals surface area contributed by atoms with E-state index in [2.05, 4.69) is 41.5 Å². The topological polar surface area (TPSA) is 88.8 Å². The summed E-state index contributed by atoms with van der Waals surface area (Å²) in [7, 11) is 0. The molecule has 0 saturated carbocycles. The number of anilines is 5. The fourth-order valence-corrected chi connectivity index (χ4v) is 2.98. The molecule has 2 heterocycles. The van der Waals surface area contributed by atoms with Crippen LogP contribution in [0.25, 0.3) is 10.9 Å². The lowest BCUT2D eigenvalue weighted by molar-refractivity contribution is 0.631. The minimum absolute atomic E-state index is 0.265. The van der Waals surface area contributed by atoms with Crippen LogP contribution in [0.15, 0.2) is 65.5 Å². The minimum Gasteiger partial charge on any atom is -0.393 e. The lowest BCUT2D eigenvalue weighted by atomic mass is 10.2. The summed E-state index contributed by atoms with van der Waals surface area (Å²) in [6, 6.07) is 14.3. The van der Waals surface area contributed by atoms with Crippen LogP contribution in [0, 0.1) is 5.82 Å². The molecule has 0 atom stereocenters. The van der Waals surface area contributed by atoms with Gasteiger partial charge in [-0.3, -0.25) is 4.98 Å². The predicted octanol–water partition coefficient (Wildman–Crippen LogP) is 5.00. The van der Waals surface area contributed by atoms with Crippen molar-refractivity contribution in [1.82, 2.24) is 15.0 Å². The third kappa shape index (κ3) is 3.52. The molecule has 0 spiro atoms. The number of para-hydroxylation sites is 1. The van der Waals surface area contributed by atoms with Crippen LogP contribution < -0.4 is 16.4 Å². The number of hydrogen-bond acceptors (Lipinski definition) is 6. The molecule has 0 amide bonds. The highest BCUT2D eigenvalue weighted by atomic mass is 79.9. The number of rotatable bonds is 4.